The number of hydrogen-bond donors (Lipinski definition) is 4. The van der Waals surface area contributed by atoms with Gasteiger partial charge in [0, 0.05) is 55.1 Å². The van der Waals surface area contributed by atoms with Crippen LogP contribution in [-0.2, 0) is 22.5 Å². The van der Waals surface area contributed by atoms with Gasteiger partial charge in [-0.15, -0.1) is 0 Å². The Morgan fingerprint density at radius 2 is 1.54 bits per heavy atom. The molecule has 3 aromatic rings. The summed E-state index contributed by atoms with van der Waals surface area (Å²) in [6.07, 6.45) is 1.52. The normalized spacial score (nSPS) is 16.5. The Labute approximate surface area is 225 Å². The molecule has 0 unspecified atom stereocenters. The van der Waals surface area contributed by atoms with E-state index >= 15 is 0 Å². The highest BCUT2D eigenvalue weighted by Crippen LogP contribution is 2.34. The van der Waals surface area contributed by atoms with Crippen molar-refractivity contribution in [3.8, 4) is 11.1 Å². The van der Waals surface area contributed by atoms with Gasteiger partial charge in [0.05, 0.1) is 12.2 Å². The molecule has 39 heavy (non-hydrogen) atoms. The second-order valence-electron chi connectivity index (χ2n) is 9.86. The molecule has 10 nitrogen and oxygen atoms in total. The number of anilines is 2. The lowest BCUT2D eigenvalue weighted by Gasteiger charge is -2.24. The Kier molecular flexibility index (Phi) is 6.72. The van der Waals surface area contributed by atoms with Gasteiger partial charge in [0.25, 0.3) is 11.8 Å². The van der Waals surface area contributed by atoms with Crippen LogP contribution in [0.25, 0.3) is 11.1 Å². The highest BCUT2D eigenvalue weighted by atomic mass is 16.5. The van der Waals surface area contributed by atoms with E-state index in [0.717, 1.165) is 71.7 Å². The Hall–Kier alpha value is -4.28. The van der Waals surface area contributed by atoms with Crippen LogP contribution in [-0.4, -0.2) is 48.9 Å². The minimum atomic E-state index is -0.386. The quantitative estimate of drug-likeness (QED) is 0.401. The van der Waals surface area contributed by atoms with Crippen molar-refractivity contribution in [1.82, 2.24) is 15.6 Å². The summed E-state index contributed by atoms with van der Waals surface area (Å²) in [5, 5.41) is 12.4. The van der Waals surface area contributed by atoms with Gasteiger partial charge in [0.1, 0.15) is 12.4 Å². The molecule has 2 aromatic carbocycles. The fraction of sp³-hybridized carbons (Fsp3) is 0.310. The number of oxazole rings is 1. The maximum Gasteiger partial charge on any atom is 0.311 e. The third-order valence-corrected chi connectivity index (χ3v) is 7.35. The van der Waals surface area contributed by atoms with E-state index in [4.69, 9.17) is 9.15 Å². The van der Waals surface area contributed by atoms with E-state index in [-0.39, 0.29) is 23.6 Å². The summed E-state index contributed by atoms with van der Waals surface area (Å²) in [5.74, 6) is 0.105. The molecule has 2 amide bonds. The maximum atomic E-state index is 13.0. The first kappa shape index (κ1) is 25.0. The van der Waals surface area contributed by atoms with Gasteiger partial charge >= 0.3 is 11.8 Å². The number of carbonyl (C=O) groups excluding carboxylic acids is 2. The highest BCUT2D eigenvalue weighted by molar-refractivity contribution is 6.40. The van der Waals surface area contributed by atoms with Crippen LogP contribution in [0.2, 0.25) is 0 Å². The summed E-state index contributed by atoms with van der Waals surface area (Å²) in [6, 6.07) is 11.5. The van der Waals surface area contributed by atoms with E-state index in [2.05, 4.69) is 31.2 Å². The predicted molar refractivity (Wildman–Crippen MR) is 148 cm³/mol. The molecule has 200 valence electrons. The lowest BCUT2D eigenvalue weighted by Crippen LogP contribution is -2.34. The summed E-state index contributed by atoms with van der Waals surface area (Å²) >= 11 is 0. The number of benzene rings is 2. The van der Waals surface area contributed by atoms with Crippen LogP contribution in [0.5, 0.6) is 0 Å². The molecule has 1 aromatic heterocycles. The van der Waals surface area contributed by atoms with Crippen LogP contribution in [0.4, 0.5) is 11.4 Å². The van der Waals surface area contributed by atoms with Crippen LogP contribution in [0.1, 0.15) is 39.7 Å². The summed E-state index contributed by atoms with van der Waals surface area (Å²) < 4.78 is 11.3. The van der Waals surface area contributed by atoms with E-state index in [1.54, 1.807) is 0 Å². The number of carbonyl (C=O) groups is 2. The molecule has 0 bridgehead atoms. The first-order valence-corrected chi connectivity index (χ1v) is 13.1. The first-order valence-electron chi connectivity index (χ1n) is 13.1. The Bertz CT molecular complexity index is 1510. The average molecular weight is 527 g/mol. The van der Waals surface area contributed by atoms with E-state index in [1.807, 2.05) is 50.2 Å². The van der Waals surface area contributed by atoms with Crippen molar-refractivity contribution in [1.29, 1.82) is 0 Å². The van der Waals surface area contributed by atoms with Gasteiger partial charge in [-0.1, -0.05) is 24.3 Å². The van der Waals surface area contributed by atoms with E-state index in [1.165, 1.54) is 0 Å². The molecular formula is C29H30N6O4. The summed E-state index contributed by atoms with van der Waals surface area (Å²) in [5.41, 5.74) is 7.85. The number of fused-ring (bicyclic) bond motifs is 1. The van der Waals surface area contributed by atoms with Crippen molar-refractivity contribution < 1.29 is 18.7 Å². The zero-order valence-corrected chi connectivity index (χ0v) is 21.9. The predicted octanol–water partition coefficient (Wildman–Crippen LogP) is 3.47. The topological polar surface area (TPSA) is 130 Å². The molecule has 0 saturated heterocycles. The lowest BCUT2D eigenvalue weighted by molar-refractivity contribution is -0.111. The van der Waals surface area contributed by atoms with Crippen molar-refractivity contribution in [2.24, 2.45) is 4.99 Å². The van der Waals surface area contributed by atoms with Gasteiger partial charge in [-0.3, -0.25) is 9.59 Å². The zero-order chi connectivity index (χ0) is 26.9. The summed E-state index contributed by atoms with van der Waals surface area (Å²) in [4.78, 5) is 34.8. The third-order valence-electron chi connectivity index (χ3n) is 7.35. The van der Waals surface area contributed by atoms with E-state index in [9.17, 15) is 9.59 Å². The Balaban J connectivity index is 1.22. The monoisotopic (exact) mass is 526 g/mol. The molecule has 0 atom stereocenters. The zero-order valence-electron chi connectivity index (χ0n) is 21.9. The molecule has 0 saturated carbocycles. The van der Waals surface area contributed by atoms with Gasteiger partial charge in [0.15, 0.2) is 0 Å². The maximum absolute atomic E-state index is 13.0. The molecule has 0 aliphatic carbocycles. The SMILES string of the molecule is Cc1c(NC(=O)C2=NC3=C(CNCC3)CO2)cccc1-c1cccc(NC(=O)c2nc3c(o2)CNCC3)c1C. The van der Waals surface area contributed by atoms with Gasteiger partial charge in [-0.25, -0.2) is 9.98 Å². The smallest absolute Gasteiger partial charge is 0.311 e. The van der Waals surface area contributed by atoms with Gasteiger partial charge in [-0.2, -0.15) is 0 Å². The van der Waals surface area contributed by atoms with Crippen LogP contribution >= 0.6 is 0 Å². The first-order chi connectivity index (χ1) is 19.0. The molecule has 4 N–H and O–H groups in total. The molecule has 0 fully saturated rings. The minimum Gasteiger partial charge on any atom is -0.469 e. The van der Waals surface area contributed by atoms with Crippen molar-refractivity contribution in [3.63, 3.8) is 0 Å². The molecule has 3 aliphatic heterocycles. The third kappa shape index (κ3) is 4.96. The standard InChI is InChI=1S/C29H30N6O4/c1-16-19(5-3-7-21(16)32-26(36)28-34-23-9-11-30-13-18(23)15-38-28)20-6-4-8-22(17(20)2)33-27(37)29-35-24-10-12-31-14-25(24)39-29/h3-8,30-31H,9-15H2,1-2H3,(H,32,36)(H,33,37). The highest BCUT2D eigenvalue weighted by Gasteiger charge is 2.25. The number of hydrogen-bond acceptors (Lipinski definition) is 8. The van der Waals surface area contributed by atoms with Crippen LogP contribution < -0.4 is 21.3 Å². The molecule has 4 heterocycles. The van der Waals surface area contributed by atoms with Crippen molar-refractivity contribution in [2.45, 2.75) is 33.2 Å². The van der Waals surface area contributed by atoms with E-state index < -0.39 is 0 Å². The number of amides is 2. The summed E-state index contributed by atoms with van der Waals surface area (Å²) in [6.45, 7) is 7.26. The second-order valence-corrected chi connectivity index (χ2v) is 9.86. The molecular weight excluding hydrogens is 496 g/mol. The van der Waals surface area contributed by atoms with Crippen molar-refractivity contribution >= 4 is 29.1 Å². The molecule has 3 aliphatic rings. The average Bonchev–Trinajstić information content (AvgIpc) is 3.40. The fourth-order valence-corrected chi connectivity index (χ4v) is 5.12. The van der Waals surface area contributed by atoms with Crippen molar-refractivity contribution in [3.05, 3.63) is 76.1 Å². The minimum absolute atomic E-state index is 0.0645. The van der Waals surface area contributed by atoms with Gasteiger partial charge < -0.3 is 30.4 Å². The number of aromatic nitrogens is 1. The Morgan fingerprint density at radius 1 is 0.872 bits per heavy atom. The number of rotatable bonds is 5. The molecule has 10 heteroatoms. The van der Waals surface area contributed by atoms with Crippen LogP contribution in [0, 0.1) is 13.8 Å². The largest absolute Gasteiger partial charge is 0.469 e. The summed E-state index contributed by atoms with van der Waals surface area (Å²) in [7, 11) is 0. The van der Waals surface area contributed by atoms with E-state index in [0.29, 0.717) is 30.3 Å². The number of nitrogens with zero attached hydrogens (tertiary/aromatic N) is 2. The van der Waals surface area contributed by atoms with Gasteiger partial charge in [0.2, 0.25) is 0 Å². The fourth-order valence-electron chi connectivity index (χ4n) is 5.12. The van der Waals surface area contributed by atoms with Gasteiger partial charge in [-0.05, 0) is 48.2 Å². The lowest BCUT2D eigenvalue weighted by atomic mass is 9.94. The van der Waals surface area contributed by atoms with Crippen molar-refractivity contribution in [2.75, 3.05) is 36.9 Å². The van der Waals surface area contributed by atoms with Crippen LogP contribution in [0.3, 0.4) is 0 Å². The molecule has 6 rings (SSSR count). The molecule has 0 radical (unpaired) electrons. The number of nitrogens with one attached hydrogen (secondary N) is 4. The van der Waals surface area contributed by atoms with Crippen LogP contribution in [0.15, 0.2) is 57.1 Å². The molecule has 0 spiro atoms. The number of ether oxygens (including phenoxy) is 1. The second kappa shape index (κ2) is 10.5. The Morgan fingerprint density at radius 3 is 2.26 bits per heavy atom. The number of aliphatic imine (C=N–C) groups is 1.